The van der Waals surface area contributed by atoms with Gasteiger partial charge in [-0.15, -0.1) is 0 Å². The highest BCUT2D eigenvalue weighted by atomic mass is 35.5. The molecule has 10 heteroatoms. The molecule has 1 amide bonds. The summed E-state index contributed by atoms with van der Waals surface area (Å²) < 4.78 is 43.4. The molecule has 0 bridgehead atoms. The predicted molar refractivity (Wildman–Crippen MR) is 135 cm³/mol. The lowest BCUT2D eigenvalue weighted by Crippen LogP contribution is -2.41. The Morgan fingerprint density at radius 1 is 1.00 bits per heavy atom. The number of rotatable bonds is 5. The Morgan fingerprint density at radius 2 is 1.77 bits per heavy atom. The molecule has 5 rings (SSSR count). The maximum atomic E-state index is 15.0. The Hall–Kier alpha value is -3.04. The van der Waals surface area contributed by atoms with Crippen molar-refractivity contribution in [1.82, 2.24) is 9.71 Å². The largest absolute Gasteiger partial charge is 0.308 e. The molecular weight excluding hydrogens is 512 g/mol. The molecule has 1 N–H and O–H groups in total. The normalized spacial score (nSPS) is 16.3. The minimum absolute atomic E-state index is 0.0309. The van der Waals surface area contributed by atoms with Crippen LogP contribution in [-0.2, 0) is 14.8 Å². The van der Waals surface area contributed by atoms with Crippen LogP contribution in [0.5, 0.6) is 0 Å². The van der Waals surface area contributed by atoms with Gasteiger partial charge in [0, 0.05) is 29.5 Å². The quantitative estimate of drug-likeness (QED) is 0.373. The highest BCUT2D eigenvalue weighted by Crippen LogP contribution is 2.32. The number of hydrogen-bond donors (Lipinski definition) is 1. The third-order valence-corrected chi connectivity index (χ3v) is 7.91. The molecule has 3 aromatic carbocycles. The molecule has 0 unspecified atom stereocenters. The van der Waals surface area contributed by atoms with E-state index in [4.69, 9.17) is 23.2 Å². The fourth-order valence-electron chi connectivity index (χ4n) is 4.15. The standard InChI is InChI=1S/C25H18Cl2FN3O3S/c26-18-4-1-16-12-19(5-2-15(16)11-18)35(33,34)30-23-8-10-31(25(23)32)24-6-3-17(13-22(24)28)20-7-9-29-14-21(20)27/h1-7,9,11-14,23,30H,8,10H2/t23-/m0/s1. The molecule has 2 heterocycles. The van der Waals surface area contributed by atoms with Crippen LogP contribution in [0.25, 0.3) is 21.9 Å². The van der Waals surface area contributed by atoms with Gasteiger partial charge in [0.1, 0.15) is 11.9 Å². The monoisotopic (exact) mass is 529 g/mol. The van der Waals surface area contributed by atoms with Crippen LogP contribution in [0.15, 0.2) is 78.0 Å². The van der Waals surface area contributed by atoms with Gasteiger partial charge in [0.05, 0.1) is 15.6 Å². The molecular formula is C25H18Cl2FN3O3S. The molecule has 4 aromatic rings. The van der Waals surface area contributed by atoms with Gasteiger partial charge in [-0.3, -0.25) is 9.78 Å². The van der Waals surface area contributed by atoms with Crippen LogP contribution in [0.4, 0.5) is 10.1 Å². The third-order valence-electron chi connectivity index (χ3n) is 5.91. The summed E-state index contributed by atoms with van der Waals surface area (Å²) in [6, 6.07) is 14.9. The van der Waals surface area contributed by atoms with Crippen LogP contribution in [0, 0.1) is 5.82 Å². The molecule has 178 valence electrons. The van der Waals surface area contributed by atoms with Gasteiger partial charge in [0.25, 0.3) is 0 Å². The van der Waals surface area contributed by atoms with Crippen LogP contribution >= 0.6 is 23.2 Å². The van der Waals surface area contributed by atoms with Crippen LogP contribution < -0.4 is 9.62 Å². The van der Waals surface area contributed by atoms with Gasteiger partial charge in [0.15, 0.2) is 0 Å². The van der Waals surface area contributed by atoms with E-state index in [-0.39, 0.29) is 23.5 Å². The van der Waals surface area contributed by atoms with E-state index < -0.39 is 27.8 Å². The third kappa shape index (κ3) is 4.62. The molecule has 35 heavy (non-hydrogen) atoms. The van der Waals surface area contributed by atoms with Crippen LogP contribution in [0.1, 0.15) is 6.42 Å². The van der Waals surface area contributed by atoms with Gasteiger partial charge in [-0.2, -0.15) is 4.72 Å². The summed E-state index contributed by atoms with van der Waals surface area (Å²) in [4.78, 5) is 18.2. The van der Waals surface area contributed by atoms with Gasteiger partial charge < -0.3 is 4.90 Å². The van der Waals surface area contributed by atoms with Gasteiger partial charge in [0.2, 0.25) is 15.9 Å². The second-order valence-corrected chi connectivity index (χ2v) is 10.7. The molecule has 1 saturated heterocycles. The van der Waals surface area contributed by atoms with E-state index in [1.165, 1.54) is 35.4 Å². The highest BCUT2D eigenvalue weighted by molar-refractivity contribution is 7.89. The van der Waals surface area contributed by atoms with Gasteiger partial charge in [-0.25, -0.2) is 12.8 Å². The minimum atomic E-state index is -3.99. The predicted octanol–water partition coefficient (Wildman–Crippen LogP) is 5.43. The number of benzene rings is 3. The minimum Gasteiger partial charge on any atom is -0.308 e. The summed E-state index contributed by atoms with van der Waals surface area (Å²) in [5, 5.41) is 2.43. The fraction of sp³-hybridized carbons (Fsp3) is 0.120. The number of fused-ring (bicyclic) bond motifs is 1. The van der Waals surface area contributed by atoms with E-state index in [1.807, 2.05) is 0 Å². The number of nitrogens with one attached hydrogen (secondary N) is 1. The van der Waals surface area contributed by atoms with Crippen molar-refractivity contribution < 1.29 is 17.6 Å². The van der Waals surface area contributed by atoms with Crippen molar-refractivity contribution in [3.05, 3.63) is 88.9 Å². The van der Waals surface area contributed by atoms with Crippen LogP contribution in [-0.4, -0.2) is 31.9 Å². The maximum Gasteiger partial charge on any atom is 0.245 e. The molecule has 0 aliphatic carbocycles. The number of carbonyl (C=O) groups is 1. The zero-order chi connectivity index (χ0) is 24.7. The summed E-state index contributed by atoms with van der Waals surface area (Å²) in [5.41, 5.74) is 1.23. The number of anilines is 1. The molecule has 6 nitrogen and oxygen atoms in total. The number of carbonyl (C=O) groups excluding carboxylic acids is 1. The maximum absolute atomic E-state index is 15.0. The Bertz CT molecular complexity index is 1580. The lowest BCUT2D eigenvalue weighted by molar-refractivity contribution is -0.118. The van der Waals surface area contributed by atoms with E-state index in [2.05, 4.69) is 9.71 Å². The number of hydrogen-bond acceptors (Lipinski definition) is 4. The van der Waals surface area contributed by atoms with E-state index in [0.29, 0.717) is 26.6 Å². The van der Waals surface area contributed by atoms with E-state index >= 15 is 0 Å². The number of nitrogens with zero attached hydrogens (tertiary/aromatic N) is 2. The van der Waals surface area contributed by atoms with Gasteiger partial charge in [-0.05, 0) is 65.2 Å². The van der Waals surface area contributed by atoms with E-state index in [1.54, 1.807) is 42.6 Å². The zero-order valence-electron chi connectivity index (χ0n) is 18.1. The first-order valence-electron chi connectivity index (χ1n) is 10.7. The molecule has 1 fully saturated rings. The molecule has 1 atom stereocenters. The van der Waals surface area contributed by atoms with Crippen molar-refractivity contribution in [2.24, 2.45) is 0 Å². The fourth-order valence-corrected chi connectivity index (χ4v) is 5.82. The van der Waals surface area contributed by atoms with Crippen molar-refractivity contribution in [2.75, 3.05) is 11.4 Å². The second-order valence-electron chi connectivity index (χ2n) is 8.13. The molecule has 0 radical (unpaired) electrons. The molecule has 0 saturated carbocycles. The van der Waals surface area contributed by atoms with Crippen molar-refractivity contribution in [2.45, 2.75) is 17.4 Å². The summed E-state index contributed by atoms with van der Waals surface area (Å²) in [6.07, 6.45) is 3.23. The highest BCUT2D eigenvalue weighted by Gasteiger charge is 2.36. The Labute approximate surface area is 211 Å². The first-order chi connectivity index (χ1) is 16.7. The zero-order valence-corrected chi connectivity index (χ0v) is 20.4. The number of halogens is 3. The number of amides is 1. The van der Waals surface area contributed by atoms with E-state index in [0.717, 1.165) is 5.39 Å². The number of pyridine rings is 1. The van der Waals surface area contributed by atoms with Crippen molar-refractivity contribution in [3.63, 3.8) is 0 Å². The smallest absolute Gasteiger partial charge is 0.245 e. The summed E-state index contributed by atoms with van der Waals surface area (Å²) in [5.74, 6) is -1.13. The lowest BCUT2D eigenvalue weighted by Gasteiger charge is -2.19. The first kappa shape index (κ1) is 23.7. The SMILES string of the molecule is O=C1[C@@H](NS(=O)(=O)c2ccc3cc(Cl)ccc3c2)CCN1c1ccc(-c2ccncc2Cl)cc1F. The lowest BCUT2D eigenvalue weighted by atomic mass is 10.1. The average Bonchev–Trinajstić information content (AvgIpc) is 3.18. The second kappa shape index (κ2) is 9.20. The van der Waals surface area contributed by atoms with Crippen LogP contribution in [0.2, 0.25) is 10.0 Å². The topological polar surface area (TPSA) is 79.4 Å². The summed E-state index contributed by atoms with van der Waals surface area (Å²) >= 11 is 12.1. The van der Waals surface area contributed by atoms with E-state index in [9.17, 15) is 17.6 Å². The van der Waals surface area contributed by atoms with Gasteiger partial charge in [-0.1, -0.05) is 41.4 Å². The Kier molecular flexibility index (Phi) is 6.23. The molecule has 1 aliphatic heterocycles. The molecule has 1 aromatic heterocycles. The van der Waals surface area contributed by atoms with Crippen molar-refractivity contribution in [3.8, 4) is 11.1 Å². The molecule has 1 aliphatic rings. The van der Waals surface area contributed by atoms with Crippen molar-refractivity contribution >= 4 is 55.6 Å². The number of aromatic nitrogens is 1. The Balaban J connectivity index is 1.36. The first-order valence-corrected chi connectivity index (χ1v) is 12.9. The summed E-state index contributed by atoms with van der Waals surface area (Å²) in [6.45, 7) is 0.175. The van der Waals surface area contributed by atoms with Crippen LogP contribution in [0.3, 0.4) is 0 Å². The van der Waals surface area contributed by atoms with Crippen molar-refractivity contribution in [1.29, 1.82) is 0 Å². The molecule has 0 spiro atoms. The Morgan fingerprint density at radius 3 is 2.54 bits per heavy atom. The summed E-state index contributed by atoms with van der Waals surface area (Å²) in [7, 11) is -3.99. The average molecular weight is 530 g/mol. The van der Waals surface area contributed by atoms with Gasteiger partial charge >= 0.3 is 0 Å². The number of sulfonamides is 1.